The van der Waals surface area contributed by atoms with Crippen molar-refractivity contribution in [3.05, 3.63) is 97.9 Å². The number of imide groups is 1. The molecule has 35 heavy (non-hydrogen) atoms. The van der Waals surface area contributed by atoms with Gasteiger partial charge in [0.05, 0.1) is 33.7 Å². The lowest BCUT2D eigenvalue weighted by molar-refractivity contribution is -0.127. The molecule has 0 radical (unpaired) electrons. The van der Waals surface area contributed by atoms with Crippen molar-refractivity contribution in [3.8, 4) is 0 Å². The highest BCUT2D eigenvalue weighted by Crippen LogP contribution is 2.58. The number of carbonyl (C=O) groups is 4. The van der Waals surface area contributed by atoms with Crippen LogP contribution in [0.3, 0.4) is 0 Å². The molecule has 0 saturated carbocycles. The molecule has 6 rings (SSSR count). The standard InChI is InChI=1S/C26H14BrCl2NO5/c27-13-5-3-4-12(10-13)21-19-20(25(34)30(24(19)33)14-8-9-17(28)18(29)11-14)26(35-21)22(31)15-6-1-2-7-16(15)23(26)32/h1-11,19-21H/t19-,20+,21-/m0/s1. The molecule has 1 spiro atoms. The number of hydrogen-bond acceptors (Lipinski definition) is 5. The lowest BCUT2D eigenvalue weighted by atomic mass is 9.77. The van der Waals surface area contributed by atoms with E-state index in [1.54, 1.807) is 36.4 Å². The predicted octanol–water partition coefficient (Wildman–Crippen LogP) is 5.45. The van der Waals surface area contributed by atoms with Crippen LogP contribution in [0, 0.1) is 11.8 Å². The quantitative estimate of drug-likeness (QED) is 0.302. The first-order valence-corrected chi connectivity index (χ1v) is 12.3. The highest BCUT2D eigenvalue weighted by atomic mass is 79.9. The van der Waals surface area contributed by atoms with Crippen LogP contribution < -0.4 is 4.90 Å². The minimum Gasteiger partial charge on any atom is -0.349 e. The monoisotopic (exact) mass is 569 g/mol. The van der Waals surface area contributed by atoms with Crippen LogP contribution in [-0.4, -0.2) is 29.0 Å². The van der Waals surface area contributed by atoms with Gasteiger partial charge in [-0.25, -0.2) is 4.90 Å². The number of carbonyl (C=O) groups excluding carboxylic acids is 4. The summed E-state index contributed by atoms with van der Waals surface area (Å²) in [7, 11) is 0. The summed E-state index contributed by atoms with van der Waals surface area (Å²) in [5.41, 5.74) is -0.986. The van der Waals surface area contributed by atoms with E-state index in [2.05, 4.69) is 15.9 Å². The third kappa shape index (κ3) is 2.99. The van der Waals surface area contributed by atoms with Gasteiger partial charge in [0, 0.05) is 15.6 Å². The number of hydrogen-bond donors (Lipinski definition) is 0. The Morgan fingerprint density at radius 2 is 1.49 bits per heavy atom. The fourth-order valence-electron chi connectivity index (χ4n) is 5.38. The lowest BCUT2D eigenvalue weighted by Crippen LogP contribution is -2.51. The van der Waals surface area contributed by atoms with E-state index >= 15 is 0 Å². The smallest absolute Gasteiger partial charge is 0.241 e. The van der Waals surface area contributed by atoms with Crippen LogP contribution in [0.1, 0.15) is 32.4 Å². The van der Waals surface area contributed by atoms with E-state index in [4.69, 9.17) is 27.9 Å². The zero-order valence-corrected chi connectivity index (χ0v) is 20.8. The van der Waals surface area contributed by atoms with Crippen LogP contribution in [0.4, 0.5) is 5.69 Å². The summed E-state index contributed by atoms with van der Waals surface area (Å²) < 4.78 is 6.98. The highest BCUT2D eigenvalue weighted by Gasteiger charge is 2.74. The van der Waals surface area contributed by atoms with Gasteiger partial charge in [-0.3, -0.25) is 19.2 Å². The van der Waals surface area contributed by atoms with E-state index in [0.717, 1.165) is 9.37 Å². The Bertz CT molecular complexity index is 1450. The van der Waals surface area contributed by atoms with Gasteiger partial charge < -0.3 is 4.74 Å². The minimum atomic E-state index is -2.13. The van der Waals surface area contributed by atoms with Gasteiger partial charge in [-0.05, 0) is 35.9 Å². The van der Waals surface area contributed by atoms with Crippen molar-refractivity contribution in [2.75, 3.05) is 4.90 Å². The number of anilines is 1. The van der Waals surface area contributed by atoms with Crippen LogP contribution in [0.2, 0.25) is 10.0 Å². The summed E-state index contributed by atoms with van der Waals surface area (Å²) in [6, 6.07) is 17.8. The first-order chi connectivity index (χ1) is 16.8. The van der Waals surface area contributed by atoms with Crippen molar-refractivity contribution in [1.82, 2.24) is 0 Å². The molecule has 9 heteroatoms. The average Bonchev–Trinajstić information content (AvgIpc) is 3.41. The Kier molecular flexibility index (Phi) is 5.06. The largest absolute Gasteiger partial charge is 0.349 e. The second-order valence-electron chi connectivity index (χ2n) is 8.65. The van der Waals surface area contributed by atoms with Crippen LogP contribution in [-0.2, 0) is 14.3 Å². The van der Waals surface area contributed by atoms with Crippen molar-refractivity contribution >= 4 is 68.2 Å². The number of ketones is 2. The first kappa shape index (κ1) is 22.6. The Labute approximate surface area is 217 Å². The summed E-state index contributed by atoms with van der Waals surface area (Å²) in [6.07, 6.45) is -0.996. The molecule has 6 nitrogen and oxygen atoms in total. The summed E-state index contributed by atoms with van der Waals surface area (Å²) in [6.45, 7) is 0. The van der Waals surface area contributed by atoms with Gasteiger partial charge in [-0.15, -0.1) is 0 Å². The number of benzene rings is 3. The van der Waals surface area contributed by atoms with E-state index in [-0.39, 0.29) is 26.9 Å². The molecule has 0 bridgehead atoms. The molecule has 2 aliphatic heterocycles. The summed E-state index contributed by atoms with van der Waals surface area (Å²) in [5.74, 6) is -4.90. The van der Waals surface area contributed by atoms with E-state index in [0.29, 0.717) is 5.56 Å². The van der Waals surface area contributed by atoms with E-state index in [9.17, 15) is 19.2 Å². The summed E-state index contributed by atoms with van der Waals surface area (Å²) >= 11 is 15.6. The van der Waals surface area contributed by atoms with Crippen LogP contribution in [0.5, 0.6) is 0 Å². The second kappa shape index (κ2) is 7.83. The number of halogens is 3. The van der Waals surface area contributed by atoms with E-state index in [1.165, 1.54) is 30.3 Å². The second-order valence-corrected chi connectivity index (χ2v) is 10.4. The van der Waals surface area contributed by atoms with Crippen molar-refractivity contribution in [3.63, 3.8) is 0 Å². The Hall–Kier alpha value is -2.84. The molecule has 2 saturated heterocycles. The number of Topliss-reactive ketones (excluding diaryl/α,β-unsaturated/α-hetero) is 2. The van der Waals surface area contributed by atoms with Crippen LogP contribution in [0.15, 0.2) is 71.2 Å². The van der Waals surface area contributed by atoms with Gasteiger partial charge in [0.15, 0.2) is 0 Å². The van der Waals surface area contributed by atoms with Gasteiger partial charge >= 0.3 is 0 Å². The molecule has 3 aromatic carbocycles. The van der Waals surface area contributed by atoms with E-state index in [1.807, 2.05) is 0 Å². The third-order valence-electron chi connectivity index (χ3n) is 6.86. The number of ether oxygens (including phenoxy) is 1. The summed E-state index contributed by atoms with van der Waals surface area (Å²) in [4.78, 5) is 56.1. The van der Waals surface area contributed by atoms with Crippen LogP contribution in [0.25, 0.3) is 0 Å². The average molecular weight is 571 g/mol. The highest BCUT2D eigenvalue weighted by molar-refractivity contribution is 9.10. The number of nitrogens with zero attached hydrogens (tertiary/aromatic N) is 1. The zero-order chi connectivity index (χ0) is 24.6. The number of fused-ring (bicyclic) bond motifs is 3. The van der Waals surface area contributed by atoms with Crippen LogP contribution >= 0.6 is 39.1 Å². The van der Waals surface area contributed by atoms with Crippen molar-refractivity contribution < 1.29 is 23.9 Å². The van der Waals surface area contributed by atoms with Gasteiger partial charge in [0.2, 0.25) is 29.0 Å². The van der Waals surface area contributed by atoms with E-state index < -0.39 is 46.9 Å². The molecular weight excluding hydrogens is 557 g/mol. The maximum Gasteiger partial charge on any atom is 0.241 e. The molecular formula is C26H14BrCl2NO5. The molecule has 3 aromatic rings. The predicted molar refractivity (Wildman–Crippen MR) is 132 cm³/mol. The Morgan fingerprint density at radius 1 is 0.800 bits per heavy atom. The van der Waals surface area contributed by atoms with Gasteiger partial charge in [-0.2, -0.15) is 0 Å². The molecule has 2 amide bonds. The molecule has 174 valence electrons. The summed E-state index contributed by atoms with van der Waals surface area (Å²) in [5, 5.41) is 0.426. The molecule has 3 aliphatic rings. The molecule has 2 heterocycles. The maximum absolute atomic E-state index is 13.9. The fraction of sp³-hybridized carbons (Fsp3) is 0.154. The number of rotatable bonds is 2. The molecule has 2 fully saturated rings. The molecule has 3 atom stereocenters. The van der Waals surface area contributed by atoms with Gasteiger partial charge in [-0.1, -0.05) is 75.5 Å². The fourth-order valence-corrected chi connectivity index (χ4v) is 6.09. The zero-order valence-electron chi connectivity index (χ0n) is 17.7. The molecule has 0 N–H and O–H groups in total. The topological polar surface area (TPSA) is 80.8 Å². The van der Waals surface area contributed by atoms with Crippen molar-refractivity contribution in [2.45, 2.75) is 11.7 Å². The third-order valence-corrected chi connectivity index (χ3v) is 8.09. The molecule has 0 aromatic heterocycles. The molecule has 0 unspecified atom stereocenters. The SMILES string of the molecule is O=C1[C@@H]2[C@H](c3cccc(Br)c3)OC3(C(=O)c4ccccc4C3=O)[C@H]2C(=O)N1c1ccc(Cl)c(Cl)c1. The lowest BCUT2D eigenvalue weighted by Gasteiger charge is -2.27. The van der Waals surface area contributed by atoms with Gasteiger partial charge in [0.1, 0.15) is 0 Å². The maximum atomic E-state index is 13.9. The Morgan fingerprint density at radius 3 is 2.11 bits per heavy atom. The molecule has 1 aliphatic carbocycles. The van der Waals surface area contributed by atoms with Crippen molar-refractivity contribution in [1.29, 1.82) is 0 Å². The Balaban J connectivity index is 1.55. The van der Waals surface area contributed by atoms with Gasteiger partial charge in [0.25, 0.3) is 0 Å². The number of amides is 2. The minimum absolute atomic E-state index is 0.164. The normalized spacial score (nSPS) is 24.4. The first-order valence-electron chi connectivity index (χ1n) is 10.7. The van der Waals surface area contributed by atoms with Crippen molar-refractivity contribution in [2.24, 2.45) is 11.8 Å².